The van der Waals surface area contributed by atoms with Crippen molar-refractivity contribution < 1.29 is 24.1 Å². The lowest BCUT2D eigenvalue weighted by Crippen LogP contribution is -2.20. The maximum absolute atomic E-state index is 9.63. The molecule has 4 rings (SSSR count). The number of fused-ring (bicyclic) bond motifs is 1. The van der Waals surface area contributed by atoms with Crippen molar-refractivity contribution in [2.75, 3.05) is 13.7 Å². The van der Waals surface area contributed by atoms with Gasteiger partial charge in [0, 0.05) is 35.3 Å². The second kappa shape index (κ2) is 11.2. The largest absolute Gasteiger partial charge is 0.489 e. The second-order valence-electron chi connectivity index (χ2n) is 7.78. The van der Waals surface area contributed by atoms with Crippen molar-refractivity contribution in [2.45, 2.75) is 26.4 Å². The average molecular weight is 480 g/mol. The van der Waals surface area contributed by atoms with Crippen molar-refractivity contribution in [3.63, 3.8) is 0 Å². The molecule has 3 aromatic carbocycles. The quantitative estimate of drug-likeness (QED) is 0.294. The minimum absolute atomic E-state index is 0.0352. The Morgan fingerprint density at radius 2 is 1.65 bits per heavy atom. The molecule has 1 heterocycles. The van der Waals surface area contributed by atoms with Crippen LogP contribution in [0.25, 0.3) is 10.8 Å². The number of rotatable bonds is 10. The van der Waals surface area contributed by atoms with E-state index in [0.29, 0.717) is 35.5 Å². The van der Waals surface area contributed by atoms with Gasteiger partial charge in [0.15, 0.2) is 6.29 Å². The van der Waals surface area contributed by atoms with Crippen molar-refractivity contribution in [2.24, 2.45) is 0 Å². The Hall–Kier alpha value is -3.32. The van der Waals surface area contributed by atoms with E-state index in [1.165, 1.54) is 7.11 Å². The van der Waals surface area contributed by atoms with Gasteiger partial charge in [0.05, 0.1) is 5.69 Å². The summed E-state index contributed by atoms with van der Waals surface area (Å²) in [5.74, 6) is 2.03. The van der Waals surface area contributed by atoms with Gasteiger partial charge in [-0.3, -0.25) is 4.98 Å². The Balaban J connectivity index is 1.39. The Morgan fingerprint density at radius 3 is 2.44 bits per heavy atom. The van der Waals surface area contributed by atoms with Gasteiger partial charge in [-0.1, -0.05) is 41.9 Å². The molecule has 0 aliphatic rings. The Labute approximate surface area is 203 Å². The van der Waals surface area contributed by atoms with Crippen LogP contribution in [0.3, 0.4) is 0 Å². The van der Waals surface area contributed by atoms with E-state index in [1.807, 2.05) is 73.7 Å². The standard InChI is InChI=1S/C27H26ClNO5/c1-18-5-3-6-20(27(18)34-17-26(30)31-2)15-32-24-7-4-8-25(13-24)33-16-23-12-19-9-10-22(28)11-21(19)14-29-23/h3-14,26,30H,15-17H2,1-2H3. The lowest BCUT2D eigenvalue weighted by Gasteiger charge is -2.17. The van der Waals surface area contributed by atoms with Gasteiger partial charge in [-0.05, 0) is 48.2 Å². The van der Waals surface area contributed by atoms with E-state index in [2.05, 4.69) is 4.98 Å². The Morgan fingerprint density at radius 1 is 0.882 bits per heavy atom. The van der Waals surface area contributed by atoms with Crippen molar-refractivity contribution in [1.29, 1.82) is 0 Å². The molecule has 6 nitrogen and oxygen atoms in total. The molecule has 0 aliphatic carbocycles. The van der Waals surface area contributed by atoms with E-state index in [1.54, 1.807) is 6.20 Å². The summed E-state index contributed by atoms with van der Waals surface area (Å²) in [7, 11) is 1.43. The first-order chi connectivity index (χ1) is 16.5. The maximum Gasteiger partial charge on any atom is 0.188 e. The summed E-state index contributed by atoms with van der Waals surface area (Å²) >= 11 is 6.04. The third kappa shape index (κ3) is 6.17. The monoisotopic (exact) mass is 479 g/mol. The highest BCUT2D eigenvalue weighted by Gasteiger charge is 2.11. The van der Waals surface area contributed by atoms with Crippen LogP contribution in [0.15, 0.2) is 72.9 Å². The Bertz CT molecular complexity index is 1260. The zero-order valence-corrected chi connectivity index (χ0v) is 19.8. The van der Waals surface area contributed by atoms with Gasteiger partial charge in [0.2, 0.25) is 0 Å². The highest BCUT2D eigenvalue weighted by atomic mass is 35.5. The van der Waals surface area contributed by atoms with Gasteiger partial charge in [0.25, 0.3) is 0 Å². The van der Waals surface area contributed by atoms with E-state index in [0.717, 1.165) is 27.6 Å². The van der Waals surface area contributed by atoms with Gasteiger partial charge in [-0.15, -0.1) is 0 Å². The van der Waals surface area contributed by atoms with Gasteiger partial charge in [0.1, 0.15) is 37.1 Å². The lowest BCUT2D eigenvalue weighted by atomic mass is 10.1. The van der Waals surface area contributed by atoms with Crippen LogP contribution in [0.5, 0.6) is 17.2 Å². The number of hydrogen-bond donors (Lipinski definition) is 1. The molecule has 1 unspecified atom stereocenters. The SMILES string of the molecule is COC(O)COc1c(C)cccc1COc1cccc(OCc2cc3ccc(Cl)cc3cn2)c1. The number of nitrogens with zero attached hydrogens (tertiary/aromatic N) is 1. The summed E-state index contributed by atoms with van der Waals surface area (Å²) < 4.78 is 22.6. The molecule has 1 N–H and O–H groups in total. The summed E-state index contributed by atoms with van der Waals surface area (Å²) in [5, 5.41) is 12.4. The molecule has 0 amide bonds. The first kappa shape index (κ1) is 23.8. The van der Waals surface area contributed by atoms with E-state index in [4.69, 9.17) is 30.5 Å². The Kier molecular flexibility index (Phi) is 7.85. The number of halogens is 1. The fourth-order valence-electron chi connectivity index (χ4n) is 3.47. The molecule has 0 radical (unpaired) electrons. The van der Waals surface area contributed by atoms with Gasteiger partial charge in [-0.2, -0.15) is 0 Å². The first-order valence-electron chi connectivity index (χ1n) is 10.8. The predicted octanol–water partition coefficient (Wildman–Crippen LogP) is 5.70. The van der Waals surface area contributed by atoms with Crippen LogP contribution in [-0.2, 0) is 18.0 Å². The first-order valence-corrected chi connectivity index (χ1v) is 11.2. The number of aromatic nitrogens is 1. The van der Waals surface area contributed by atoms with E-state index in [-0.39, 0.29) is 6.61 Å². The van der Waals surface area contributed by atoms with Crippen molar-refractivity contribution >= 4 is 22.4 Å². The fraction of sp³-hybridized carbons (Fsp3) is 0.222. The average Bonchev–Trinajstić information content (AvgIpc) is 2.85. The van der Waals surface area contributed by atoms with Crippen molar-refractivity contribution in [1.82, 2.24) is 4.98 Å². The maximum atomic E-state index is 9.63. The molecule has 0 bridgehead atoms. The molecule has 0 spiro atoms. The molecule has 1 atom stereocenters. The highest BCUT2D eigenvalue weighted by molar-refractivity contribution is 6.31. The molecule has 176 valence electrons. The molecule has 0 fully saturated rings. The van der Waals surface area contributed by atoms with E-state index in [9.17, 15) is 5.11 Å². The summed E-state index contributed by atoms with van der Waals surface area (Å²) in [4.78, 5) is 4.46. The molecular weight excluding hydrogens is 454 g/mol. The summed E-state index contributed by atoms with van der Waals surface area (Å²) in [5.41, 5.74) is 2.64. The predicted molar refractivity (Wildman–Crippen MR) is 132 cm³/mol. The number of pyridine rings is 1. The highest BCUT2D eigenvalue weighted by Crippen LogP contribution is 2.27. The van der Waals surface area contributed by atoms with Gasteiger partial charge < -0.3 is 24.1 Å². The molecule has 0 saturated carbocycles. The van der Waals surface area contributed by atoms with Crippen molar-refractivity contribution in [3.8, 4) is 17.2 Å². The number of aliphatic hydroxyl groups excluding tert-OH is 1. The van der Waals surface area contributed by atoms with Crippen molar-refractivity contribution in [3.05, 3.63) is 94.8 Å². The lowest BCUT2D eigenvalue weighted by molar-refractivity contribution is -0.0970. The summed E-state index contributed by atoms with van der Waals surface area (Å²) in [6.07, 6.45) is 0.809. The second-order valence-corrected chi connectivity index (χ2v) is 8.22. The van der Waals surface area contributed by atoms with Crippen LogP contribution in [0, 0.1) is 6.92 Å². The van der Waals surface area contributed by atoms with E-state index >= 15 is 0 Å². The van der Waals surface area contributed by atoms with Gasteiger partial charge in [-0.25, -0.2) is 0 Å². The van der Waals surface area contributed by atoms with Gasteiger partial charge >= 0.3 is 0 Å². The zero-order chi connectivity index (χ0) is 23.9. The third-order valence-electron chi connectivity index (χ3n) is 5.26. The smallest absolute Gasteiger partial charge is 0.188 e. The van der Waals surface area contributed by atoms with Crippen LogP contribution in [0.1, 0.15) is 16.8 Å². The molecule has 34 heavy (non-hydrogen) atoms. The normalized spacial score (nSPS) is 11.9. The molecule has 0 aliphatic heterocycles. The third-order valence-corrected chi connectivity index (χ3v) is 5.50. The van der Waals surface area contributed by atoms with Crippen LogP contribution in [-0.4, -0.2) is 30.1 Å². The topological polar surface area (TPSA) is 70.0 Å². The molecule has 7 heteroatoms. The molecule has 1 aromatic heterocycles. The minimum Gasteiger partial charge on any atom is -0.489 e. The summed E-state index contributed by atoms with van der Waals surface area (Å²) in [6, 6.07) is 21.0. The van der Waals surface area contributed by atoms with Crippen LogP contribution >= 0.6 is 11.6 Å². The number of aryl methyl sites for hydroxylation is 1. The molecular formula is C27H26ClNO5. The summed E-state index contributed by atoms with van der Waals surface area (Å²) in [6.45, 7) is 2.62. The van der Waals surface area contributed by atoms with E-state index < -0.39 is 6.29 Å². The molecule has 0 saturated heterocycles. The number of hydrogen-bond acceptors (Lipinski definition) is 6. The minimum atomic E-state index is -0.989. The zero-order valence-electron chi connectivity index (χ0n) is 19.0. The van der Waals surface area contributed by atoms with Crippen LogP contribution in [0.2, 0.25) is 5.02 Å². The molecule has 4 aromatic rings. The number of methoxy groups -OCH3 is 1. The fourth-order valence-corrected chi connectivity index (χ4v) is 3.65. The number of para-hydroxylation sites is 1. The number of benzene rings is 3. The van der Waals surface area contributed by atoms with Crippen LogP contribution < -0.4 is 14.2 Å². The van der Waals surface area contributed by atoms with Crippen LogP contribution in [0.4, 0.5) is 0 Å². The number of ether oxygens (including phenoxy) is 4. The number of aliphatic hydroxyl groups is 1.